The van der Waals surface area contributed by atoms with E-state index in [1.807, 2.05) is 24.3 Å². The summed E-state index contributed by atoms with van der Waals surface area (Å²) in [6.45, 7) is 5.51. The number of esters is 1. The number of aromatic nitrogens is 1. The standard InChI is InChI=1S/C32H41N3O9S2/c1-4-42-30(37)31(2,3)45(38,39)27-10-7-9-26(17-27)43-22-25(36)19-33-24-18-32(44-21-24)12-14-35(15-13-32)46(40,41)28-16-23-8-5-6-11-29(23)34-20-28/h5-11,16-17,20,24-25,33,36H,4,12-15,18-19,21-22H2,1-3H3/t24-,25+/m1/s1. The highest BCUT2D eigenvalue weighted by atomic mass is 32.2. The highest BCUT2D eigenvalue weighted by Gasteiger charge is 2.45. The van der Waals surface area contributed by atoms with Gasteiger partial charge in [-0.2, -0.15) is 4.31 Å². The van der Waals surface area contributed by atoms with Crippen LogP contribution in [0.25, 0.3) is 10.9 Å². The zero-order valence-electron chi connectivity index (χ0n) is 26.2. The van der Waals surface area contributed by atoms with Crippen molar-refractivity contribution in [3.63, 3.8) is 0 Å². The number of piperidine rings is 1. The maximum Gasteiger partial charge on any atom is 0.327 e. The average Bonchev–Trinajstić information content (AvgIpc) is 3.44. The molecular formula is C32H41N3O9S2. The summed E-state index contributed by atoms with van der Waals surface area (Å²) in [5, 5.41) is 14.7. The second-order valence-corrected chi connectivity index (χ2v) is 16.7. The van der Waals surface area contributed by atoms with Crippen molar-refractivity contribution in [2.75, 3.05) is 39.5 Å². The minimum atomic E-state index is -4.07. The third kappa shape index (κ3) is 7.06. The van der Waals surface area contributed by atoms with Gasteiger partial charge in [0.15, 0.2) is 14.6 Å². The first-order chi connectivity index (χ1) is 21.8. The van der Waals surface area contributed by atoms with Crippen molar-refractivity contribution >= 4 is 36.7 Å². The number of aliphatic hydroxyl groups is 1. The molecule has 2 aromatic carbocycles. The van der Waals surface area contributed by atoms with Crippen LogP contribution >= 0.6 is 0 Å². The summed E-state index contributed by atoms with van der Waals surface area (Å²) in [7, 11) is -7.76. The number of carbonyl (C=O) groups excluding carboxylic acids is 1. The second-order valence-electron chi connectivity index (χ2n) is 12.2. The summed E-state index contributed by atoms with van der Waals surface area (Å²) in [6.07, 6.45) is 2.32. The number of hydrogen-bond acceptors (Lipinski definition) is 11. The molecule has 12 nitrogen and oxygen atoms in total. The van der Waals surface area contributed by atoms with Crippen LogP contribution in [0.1, 0.15) is 40.0 Å². The molecule has 3 heterocycles. The Labute approximate surface area is 270 Å². The predicted molar refractivity (Wildman–Crippen MR) is 171 cm³/mol. The molecule has 0 radical (unpaired) electrons. The minimum Gasteiger partial charge on any atom is -0.491 e. The topological polar surface area (TPSA) is 161 Å². The van der Waals surface area contributed by atoms with Crippen LogP contribution in [-0.4, -0.2) is 99.1 Å². The van der Waals surface area contributed by atoms with E-state index in [0.717, 1.165) is 10.9 Å². The zero-order valence-corrected chi connectivity index (χ0v) is 27.8. The molecule has 5 rings (SSSR count). The van der Waals surface area contributed by atoms with E-state index in [1.54, 1.807) is 19.1 Å². The SMILES string of the molecule is CCOC(=O)C(C)(C)S(=O)(=O)c1cccc(OC[C@@H](O)CN[C@H]2COC3(CCN(S(=O)(=O)c4cnc5ccccc5c4)CC3)C2)c1. The number of fused-ring (bicyclic) bond motifs is 1. The average molecular weight is 676 g/mol. The van der Waals surface area contributed by atoms with Crippen molar-refractivity contribution in [3.05, 3.63) is 60.8 Å². The number of sulfonamides is 1. The van der Waals surface area contributed by atoms with Crippen LogP contribution < -0.4 is 10.1 Å². The largest absolute Gasteiger partial charge is 0.491 e. The van der Waals surface area contributed by atoms with Crippen LogP contribution in [-0.2, 0) is 34.1 Å². The molecule has 0 saturated carbocycles. The van der Waals surface area contributed by atoms with E-state index in [-0.39, 0.29) is 41.3 Å². The van der Waals surface area contributed by atoms with Gasteiger partial charge in [0.1, 0.15) is 23.4 Å². The second kappa shape index (κ2) is 13.5. The predicted octanol–water partition coefficient (Wildman–Crippen LogP) is 2.69. The van der Waals surface area contributed by atoms with Crippen molar-refractivity contribution in [2.45, 2.75) is 72.3 Å². The van der Waals surface area contributed by atoms with Crippen LogP contribution in [0.2, 0.25) is 0 Å². The number of nitrogens with zero attached hydrogens (tertiary/aromatic N) is 2. The Morgan fingerprint density at radius 1 is 1.11 bits per heavy atom. The number of rotatable bonds is 12. The normalized spacial score (nSPS) is 19.7. The molecule has 3 aromatic rings. The smallest absolute Gasteiger partial charge is 0.327 e. The Hall–Kier alpha value is -3.14. The lowest BCUT2D eigenvalue weighted by Crippen LogP contribution is -2.47. The van der Waals surface area contributed by atoms with E-state index < -0.39 is 42.3 Å². The number of ether oxygens (including phenoxy) is 3. The Kier molecular flexibility index (Phi) is 10.1. The molecule has 0 amide bonds. The molecule has 2 N–H and O–H groups in total. The van der Waals surface area contributed by atoms with Crippen molar-refractivity contribution < 1.29 is 40.9 Å². The number of para-hydroxylation sites is 1. The maximum atomic E-state index is 13.3. The molecule has 0 aliphatic carbocycles. The van der Waals surface area contributed by atoms with Crippen LogP contribution in [0.15, 0.2) is 70.6 Å². The number of aliphatic hydroxyl groups excluding tert-OH is 1. The summed E-state index contributed by atoms with van der Waals surface area (Å²) in [5.74, 6) is -0.598. The molecular weight excluding hydrogens is 634 g/mol. The lowest BCUT2D eigenvalue weighted by molar-refractivity contribution is -0.145. The van der Waals surface area contributed by atoms with Crippen molar-refractivity contribution in [2.24, 2.45) is 0 Å². The third-order valence-electron chi connectivity index (χ3n) is 8.69. The molecule has 2 saturated heterocycles. The quantitative estimate of drug-likeness (QED) is 0.272. The number of sulfone groups is 1. The molecule has 0 bridgehead atoms. The zero-order chi connectivity index (χ0) is 33.2. The van der Waals surface area contributed by atoms with Crippen LogP contribution in [0.3, 0.4) is 0 Å². The fourth-order valence-electron chi connectivity index (χ4n) is 5.79. The molecule has 2 aliphatic rings. The fraction of sp³-hybridized carbons (Fsp3) is 0.500. The van der Waals surface area contributed by atoms with Gasteiger partial charge in [0.25, 0.3) is 0 Å². The first kappa shape index (κ1) is 34.2. The van der Waals surface area contributed by atoms with Gasteiger partial charge >= 0.3 is 5.97 Å². The number of pyridine rings is 1. The van der Waals surface area contributed by atoms with E-state index >= 15 is 0 Å². The Morgan fingerprint density at radius 2 is 1.85 bits per heavy atom. The maximum absolute atomic E-state index is 13.3. The summed E-state index contributed by atoms with van der Waals surface area (Å²) in [5.41, 5.74) is 0.306. The highest BCUT2D eigenvalue weighted by Crippen LogP contribution is 2.37. The molecule has 2 fully saturated rings. The summed E-state index contributed by atoms with van der Waals surface area (Å²) in [6, 6.07) is 14.8. The fourth-order valence-corrected chi connectivity index (χ4v) is 8.61. The monoisotopic (exact) mass is 675 g/mol. The Bertz CT molecular complexity index is 1770. The highest BCUT2D eigenvalue weighted by molar-refractivity contribution is 7.93. The number of carbonyl (C=O) groups is 1. The van der Waals surface area contributed by atoms with Gasteiger partial charge in [-0.15, -0.1) is 0 Å². The van der Waals surface area contributed by atoms with Gasteiger partial charge in [-0.1, -0.05) is 24.3 Å². The van der Waals surface area contributed by atoms with E-state index in [1.165, 1.54) is 42.5 Å². The number of nitrogens with one attached hydrogen (secondary N) is 1. The first-order valence-electron chi connectivity index (χ1n) is 15.3. The van der Waals surface area contributed by atoms with E-state index in [9.17, 15) is 26.7 Å². The van der Waals surface area contributed by atoms with Crippen molar-refractivity contribution in [3.8, 4) is 5.75 Å². The van der Waals surface area contributed by atoms with Gasteiger partial charge in [0.2, 0.25) is 10.0 Å². The van der Waals surface area contributed by atoms with Gasteiger partial charge < -0.3 is 24.6 Å². The van der Waals surface area contributed by atoms with Gasteiger partial charge in [0.05, 0.1) is 29.2 Å². The van der Waals surface area contributed by atoms with E-state index in [0.29, 0.717) is 39.0 Å². The van der Waals surface area contributed by atoms with Gasteiger partial charge in [-0.25, -0.2) is 16.8 Å². The van der Waals surface area contributed by atoms with Gasteiger partial charge in [-0.05, 0) is 70.4 Å². The van der Waals surface area contributed by atoms with Crippen LogP contribution in [0.5, 0.6) is 5.75 Å². The molecule has 14 heteroatoms. The summed E-state index contributed by atoms with van der Waals surface area (Å²) < 4.78 is 69.5. The van der Waals surface area contributed by atoms with E-state index in [4.69, 9.17) is 14.2 Å². The molecule has 0 unspecified atom stereocenters. The van der Waals surface area contributed by atoms with Crippen molar-refractivity contribution in [1.29, 1.82) is 0 Å². The number of benzene rings is 2. The molecule has 1 aromatic heterocycles. The lowest BCUT2D eigenvalue weighted by Gasteiger charge is -2.38. The third-order valence-corrected chi connectivity index (χ3v) is 12.9. The van der Waals surface area contributed by atoms with Crippen molar-refractivity contribution in [1.82, 2.24) is 14.6 Å². The summed E-state index contributed by atoms with van der Waals surface area (Å²) in [4.78, 5) is 16.7. The van der Waals surface area contributed by atoms with Crippen LogP contribution in [0.4, 0.5) is 0 Å². The number of hydrogen-bond donors (Lipinski definition) is 2. The first-order valence-corrected chi connectivity index (χ1v) is 18.2. The van der Waals surface area contributed by atoms with Gasteiger partial charge in [0, 0.05) is 37.3 Å². The lowest BCUT2D eigenvalue weighted by atomic mass is 9.88. The Balaban J connectivity index is 1.09. The Morgan fingerprint density at radius 3 is 2.59 bits per heavy atom. The summed E-state index contributed by atoms with van der Waals surface area (Å²) >= 11 is 0. The molecule has 1 spiro atoms. The molecule has 46 heavy (non-hydrogen) atoms. The van der Waals surface area contributed by atoms with Crippen LogP contribution in [0, 0.1) is 0 Å². The van der Waals surface area contributed by atoms with Gasteiger partial charge in [-0.3, -0.25) is 9.78 Å². The van der Waals surface area contributed by atoms with E-state index in [2.05, 4.69) is 10.3 Å². The minimum absolute atomic E-state index is 0.0268. The molecule has 2 atom stereocenters. The molecule has 250 valence electrons. The molecule has 2 aliphatic heterocycles.